The lowest BCUT2D eigenvalue weighted by molar-refractivity contribution is -0.274. The number of amides is 2. The van der Waals surface area contributed by atoms with Crippen molar-refractivity contribution in [2.24, 2.45) is 7.05 Å². The summed E-state index contributed by atoms with van der Waals surface area (Å²) in [5, 5.41) is 13.4. The maximum absolute atomic E-state index is 12.1. The Morgan fingerprint density at radius 3 is 2.28 bits per heavy atom. The molecular weight excluding hydrogens is 347 g/mol. The summed E-state index contributed by atoms with van der Waals surface area (Å²) < 4.78 is 45.7. The first kappa shape index (κ1) is 18.0. The van der Waals surface area contributed by atoms with E-state index in [1.165, 1.54) is 36.0 Å². The summed E-state index contributed by atoms with van der Waals surface area (Å²) in [5.41, 5.74) is 0.484. The van der Waals surface area contributed by atoms with Crippen LogP contribution >= 0.6 is 0 Å². The van der Waals surface area contributed by atoms with Gasteiger partial charge in [0.05, 0.1) is 5.69 Å². The van der Waals surface area contributed by atoms with Crippen LogP contribution in [0.25, 0.3) is 0 Å². The van der Waals surface area contributed by atoms with Crippen molar-refractivity contribution in [1.82, 2.24) is 4.57 Å². The molecule has 1 aromatic carbocycles. The number of aryl methyl sites for hydroxylation is 1. The highest BCUT2D eigenvalue weighted by atomic mass is 19.4. The lowest BCUT2D eigenvalue weighted by atomic mass is 10.3. The highest BCUT2D eigenvalue weighted by Crippen LogP contribution is 2.24. The van der Waals surface area contributed by atoms with Gasteiger partial charge in [-0.15, -0.1) is 13.2 Å². The van der Waals surface area contributed by atoms with Crippen LogP contribution in [0.15, 0.2) is 36.5 Å². The topological polar surface area (TPSA) is 102 Å². The van der Waals surface area contributed by atoms with Gasteiger partial charge in [-0.3, -0.25) is 0 Å². The van der Waals surface area contributed by atoms with Crippen molar-refractivity contribution < 1.29 is 37.3 Å². The van der Waals surface area contributed by atoms with E-state index < -0.39 is 24.3 Å². The molecule has 134 valence electrons. The molecule has 0 saturated heterocycles. The fraction of sp³-hybridized carbons (Fsp3) is 0.143. The predicted molar refractivity (Wildman–Crippen MR) is 79.8 cm³/mol. The molecule has 0 aliphatic carbocycles. The van der Waals surface area contributed by atoms with Crippen LogP contribution in [-0.4, -0.2) is 28.2 Å². The van der Waals surface area contributed by atoms with Crippen LogP contribution in [0, 0.1) is 0 Å². The molecular formula is C14H12F3N3O5. The number of hydrogen-bond acceptors (Lipinski definition) is 4. The monoisotopic (exact) mass is 359 g/mol. The molecule has 1 aromatic heterocycles. The van der Waals surface area contributed by atoms with Crippen molar-refractivity contribution in [3.05, 3.63) is 36.5 Å². The molecule has 0 fully saturated rings. The number of hydrogen-bond donors (Lipinski definition) is 3. The van der Waals surface area contributed by atoms with Crippen LogP contribution in [-0.2, 0) is 7.05 Å². The molecule has 0 spiro atoms. The Balaban J connectivity index is 1.95. The first-order valence-electron chi connectivity index (χ1n) is 6.63. The molecule has 0 aliphatic heterocycles. The lowest BCUT2D eigenvalue weighted by Crippen LogP contribution is -2.19. The molecule has 0 saturated carbocycles. The van der Waals surface area contributed by atoms with E-state index in [9.17, 15) is 22.8 Å². The molecule has 25 heavy (non-hydrogen) atoms. The molecule has 2 aromatic rings. The number of carbonyl (C=O) groups excluding carboxylic acids is 1. The van der Waals surface area contributed by atoms with Gasteiger partial charge in [0.15, 0.2) is 0 Å². The van der Waals surface area contributed by atoms with Crippen molar-refractivity contribution in [3.63, 3.8) is 0 Å². The van der Waals surface area contributed by atoms with Crippen LogP contribution < -0.4 is 20.1 Å². The summed E-state index contributed by atoms with van der Waals surface area (Å²) in [5.74, 6) is -0.423. The van der Waals surface area contributed by atoms with Gasteiger partial charge in [0.25, 0.3) is 0 Å². The Hall–Kier alpha value is -3.37. The molecule has 0 unspecified atom stereocenters. The molecule has 1 heterocycles. The number of alkyl halides is 3. The van der Waals surface area contributed by atoms with Crippen molar-refractivity contribution in [2.75, 3.05) is 10.6 Å². The average molecular weight is 359 g/mol. The zero-order valence-electron chi connectivity index (χ0n) is 12.6. The van der Waals surface area contributed by atoms with Crippen LogP contribution in [0.4, 0.5) is 34.1 Å². The Bertz CT molecular complexity index is 771. The summed E-state index contributed by atoms with van der Waals surface area (Å²) >= 11 is 0. The number of nitrogens with zero attached hydrogens (tertiary/aromatic N) is 1. The van der Waals surface area contributed by atoms with E-state index in [2.05, 4.69) is 20.1 Å². The molecule has 0 aliphatic rings. The minimum Gasteiger partial charge on any atom is -0.449 e. The fourth-order valence-electron chi connectivity index (χ4n) is 1.84. The van der Waals surface area contributed by atoms with Crippen molar-refractivity contribution in [3.8, 4) is 11.6 Å². The number of urea groups is 1. The van der Waals surface area contributed by atoms with Crippen molar-refractivity contribution >= 4 is 23.6 Å². The third-order valence-electron chi connectivity index (χ3n) is 2.75. The SMILES string of the molecule is Cn1cc(NC(=O)Nc2ccc(OC(F)(F)F)cc2)cc1OC(=O)O. The van der Waals surface area contributed by atoms with Gasteiger partial charge in [-0.2, -0.15) is 0 Å². The van der Waals surface area contributed by atoms with Gasteiger partial charge in [-0.05, 0) is 24.3 Å². The quantitative estimate of drug-likeness (QED) is 0.724. The summed E-state index contributed by atoms with van der Waals surface area (Å²) in [6.45, 7) is 0. The first-order chi connectivity index (χ1) is 11.6. The van der Waals surface area contributed by atoms with Gasteiger partial charge >= 0.3 is 18.5 Å². The maximum atomic E-state index is 12.1. The van der Waals surface area contributed by atoms with Gasteiger partial charge in [-0.25, -0.2) is 9.59 Å². The van der Waals surface area contributed by atoms with E-state index in [4.69, 9.17) is 5.11 Å². The molecule has 0 radical (unpaired) electrons. The normalized spacial score (nSPS) is 10.9. The molecule has 0 bridgehead atoms. The minimum atomic E-state index is -4.80. The number of ether oxygens (including phenoxy) is 2. The first-order valence-corrected chi connectivity index (χ1v) is 6.63. The van der Waals surface area contributed by atoms with E-state index in [1.54, 1.807) is 0 Å². The Morgan fingerprint density at radius 1 is 1.12 bits per heavy atom. The molecule has 2 amide bonds. The molecule has 11 heteroatoms. The number of nitrogens with one attached hydrogen (secondary N) is 2. The van der Waals surface area contributed by atoms with Gasteiger partial charge in [0, 0.05) is 25.0 Å². The average Bonchev–Trinajstić information content (AvgIpc) is 2.78. The van der Waals surface area contributed by atoms with Gasteiger partial charge in [0.2, 0.25) is 5.88 Å². The maximum Gasteiger partial charge on any atom is 0.573 e. The fourth-order valence-corrected chi connectivity index (χ4v) is 1.84. The van der Waals surface area contributed by atoms with Crippen LogP contribution in [0.5, 0.6) is 11.6 Å². The smallest absolute Gasteiger partial charge is 0.449 e. The highest BCUT2D eigenvalue weighted by Gasteiger charge is 2.30. The number of benzene rings is 1. The zero-order chi connectivity index (χ0) is 18.6. The van der Waals surface area contributed by atoms with Crippen LogP contribution in [0.1, 0.15) is 0 Å². The standard InChI is InChI=1S/C14H12F3N3O5/c1-20-7-9(6-11(20)24-13(22)23)19-12(21)18-8-2-4-10(5-3-8)25-14(15,16)17/h2-7H,1H3,(H,22,23)(H2,18,19,21). The summed E-state index contributed by atoms with van der Waals surface area (Å²) in [7, 11) is 1.51. The summed E-state index contributed by atoms with van der Waals surface area (Å²) in [6, 6.07) is 5.15. The number of carbonyl (C=O) groups is 2. The van der Waals surface area contributed by atoms with E-state index in [-0.39, 0.29) is 17.3 Å². The third-order valence-corrected chi connectivity index (χ3v) is 2.75. The number of halogens is 3. The van der Waals surface area contributed by atoms with E-state index in [0.717, 1.165) is 12.1 Å². The largest absolute Gasteiger partial charge is 0.573 e. The lowest BCUT2D eigenvalue weighted by Gasteiger charge is -2.10. The van der Waals surface area contributed by atoms with Gasteiger partial charge < -0.3 is 29.8 Å². The zero-order valence-corrected chi connectivity index (χ0v) is 12.6. The van der Waals surface area contributed by atoms with Crippen LogP contribution in [0.3, 0.4) is 0 Å². The molecule has 0 atom stereocenters. The Labute approximate surface area is 138 Å². The summed E-state index contributed by atoms with van der Waals surface area (Å²) in [4.78, 5) is 22.3. The van der Waals surface area contributed by atoms with Gasteiger partial charge in [0.1, 0.15) is 5.75 Å². The van der Waals surface area contributed by atoms with Crippen LogP contribution in [0.2, 0.25) is 0 Å². The van der Waals surface area contributed by atoms with Crippen molar-refractivity contribution in [2.45, 2.75) is 6.36 Å². The van der Waals surface area contributed by atoms with E-state index >= 15 is 0 Å². The molecule has 8 nitrogen and oxygen atoms in total. The van der Waals surface area contributed by atoms with Gasteiger partial charge in [-0.1, -0.05) is 0 Å². The van der Waals surface area contributed by atoms with E-state index in [0.29, 0.717) is 0 Å². The third kappa shape index (κ3) is 5.64. The number of carboxylic acid groups (broad SMARTS) is 1. The van der Waals surface area contributed by atoms with E-state index in [1.807, 2.05) is 0 Å². The number of anilines is 2. The second-order valence-corrected chi connectivity index (χ2v) is 4.70. The van der Waals surface area contributed by atoms with Crippen molar-refractivity contribution in [1.29, 1.82) is 0 Å². The minimum absolute atomic E-state index is 0.00328. The predicted octanol–water partition coefficient (Wildman–Crippen LogP) is 3.62. The number of aromatic nitrogens is 1. The summed E-state index contributed by atoms with van der Waals surface area (Å²) in [6.07, 6.45) is -4.88. The Kier molecular flexibility index (Phi) is 5.05. The second-order valence-electron chi connectivity index (χ2n) is 4.70. The molecule has 3 N–H and O–H groups in total. The number of rotatable bonds is 4. The highest BCUT2D eigenvalue weighted by molar-refractivity contribution is 5.99. The second kappa shape index (κ2) is 7.03. The Morgan fingerprint density at radius 2 is 1.72 bits per heavy atom. The molecule has 2 rings (SSSR count).